The van der Waals surface area contributed by atoms with E-state index < -0.39 is 5.92 Å². The summed E-state index contributed by atoms with van der Waals surface area (Å²) in [6.07, 6.45) is 2.52. The Balaban J connectivity index is 1.79. The van der Waals surface area contributed by atoms with Crippen LogP contribution in [0.15, 0.2) is 24.4 Å². The van der Waals surface area contributed by atoms with E-state index in [1.165, 1.54) is 0 Å². The molecule has 5 nitrogen and oxygen atoms in total. The number of nitrogens with zero attached hydrogens (tertiary/aromatic N) is 3. The molecule has 0 unspecified atom stereocenters. The monoisotopic (exact) mass is 322 g/mol. The highest BCUT2D eigenvalue weighted by Crippen LogP contribution is 2.34. The molecular weight excluding hydrogens is 302 g/mol. The summed E-state index contributed by atoms with van der Waals surface area (Å²) in [5.41, 5.74) is 0.888. The summed E-state index contributed by atoms with van der Waals surface area (Å²) in [7, 11) is 1.58. The first kappa shape index (κ1) is 15.7. The molecule has 0 amide bonds. The van der Waals surface area contributed by atoms with Crippen LogP contribution >= 0.6 is 0 Å². The van der Waals surface area contributed by atoms with E-state index >= 15 is 0 Å². The summed E-state index contributed by atoms with van der Waals surface area (Å²) in [4.78, 5) is 4.52. The number of halogens is 2. The molecule has 124 valence electrons. The average Bonchev–Trinajstić information content (AvgIpc) is 2.96. The second-order valence-corrected chi connectivity index (χ2v) is 5.93. The van der Waals surface area contributed by atoms with Gasteiger partial charge in [-0.2, -0.15) is 5.10 Å². The van der Waals surface area contributed by atoms with Gasteiger partial charge in [0, 0.05) is 37.2 Å². The molecule has 1 saturated carbocycles. The van der Waals surface area contributed by atoms with E-state index in [0.29, 0.717) is 30.2 Å². The lowest BCUT2D eigenvalue weighted by Crippen LogP contribution is -2.32. The van der Waals surface area contributed by atoms with Crippen LogP contribution in [0.1, 0.15) is 31.4 Å². The molecule has 0 aliphatic heterocycles. The molecule has 3 rings (SSSR count). The number of nitrogens with one attached hydrogen (secondary N) is 1. The van der Waals surface area contributed by atoms with Gasteiger partial charge in [-0.1, -0.05) is 0 Å². The molecule has 2 aromatic rings. The Morgan fingerprint density at radius 2 is 2.04 bits per heavy atom. The molecule has 1 aliphatic rings. The number of rotatable bonds is 4. The van der Waals surface area contributed by atoms with Crippen LogP contribution in [0.4, 0.5) is 14.6 Å². The fourth-order valence-corrected chi connectivity index (χ4v) is 2.74. The zero-order chi connectivity index (χ0) is 16.4. The Morgan fingerprint density at radius 3 is 2.65 bits per heavy atom. The molecule has 0 saturated heterocycles. The first-order valence-corrected chi connectivity index (χ1v) is 7.68. The lowest BCUT2D eigenvalue weighted by atomic mass is 9.92. The first-order valence-electron chi connectivity index (χ1n) is 7.68. The minimum absolute atomic E-state index is 0.00133. The number of methoxy groups -OCH3 is 1. The molecule has 0 atom stereocenters. The number of aryl methyl sites for hydroxylation is 1. The predicted molar refractivity (Wildman–Crippen MR) is 83.5 cm³/mol. The molecule has 0 spiro atoms. The number of ether oxygens (including phenoxy) is 1. The number of alkyl halides is 2. The number of pyridine rings is 1. The van der Waals surface area contributed by atoms with Crippen molar-refractivity contribution in [3.63, 3.8) is 0 Å². The highest BCUT2D eigenvalue weighted by atomic mass is 19.3. The van der Waals surface area contributed by atoms with Crippen LogP contribution in [0.2, 0.25) is 0 Å². The van der Waals surface area contributed by atoms with Gasteiger partial charge in [-0.3, -0.25) is 0 Å². The summed E-state index contributed by atoms with van der Waals surface area (Å²) in [6.45, 7) is 1.90. The fourth-order valence-electron chi connectivity index (χ4n) is 2.74. The third-order valence-electron chi connectivity index (χ3n) is 4.05. The van der Waals surface area contributed by atoms with Crippen LogP contribution < -0.4 is 10.1 Å². The van der Waals surface area contributed by atoms with Gasteiger partial charge in [-0.05, 0) is 25.8 Å². The van der Waals surface area contributed by atoms with Gasteiger partial charge in [-0.25, -0.2) is 18.4 Å². The Morgan fingerprint density at radius 1 is 1.30 bits per heavy atom. The van der Waals surface area contributed by atoms with E-state index in [1.54, 1.807) is 23.9 Å². The standard InChI is InChI=1S/C16H20F2N4O/c1-11-5-8-22(21-11)15-10-13(23-2)9-14(20-15)19-12-3-6-16(17,18)7-4-12/h5,8-10,12H,3-4,6-7H2,1-2H3,(H,19,20). The fraction of sp³-hybridized carbons (Fsp3) is 0.500. The van der Waals surface area contributed by atoms with E-state index in [9.17, 15) is 8.78 Å². The predicted octanol–water partition coefficient (Wildman–Crippen LogP) is 3.57. The maximum atomic E-state index is 13.2. The molecule has 1 aliphatic carbocycles. The van der Waals surface area contributed by atoms with Gasteiger partial charge in [0.1, 0.15) is 11.6 Å². The lowest BCUT2D eigenvalue weighted by Gasteiger charge is -2.29. The highest BCUT2D eigenvalue weighted by Gasteiger charge is 2.34. The van der Waals surface area contributed by atoms with E-state index in [-0.39, 0.29) is 18.9 Å². The van der Waals surface area contributed by atoms with Crippen molar-refractivity contribution in [1.29, 1.82) is 0 Å². The second kappa shape index (κ2) is 6.14. The number of hydrogen-bond acceptors (Lipinski definition) is 4. The quantitative estimate of drug-likeness (QED) is 0.935. The Kier molecular flexibility index (Phi) is 4.19. The van der Waals surface area contributed by atoms with Crippen LogP contribution in [-0.4, -0.2) is 33.8 Å². The van der Waals surface area contributed by atoms with Gasteiger partial charge < -0.3 is 10.1 Å². The van der Waals surface area contributed by atoms with Gasteiger partial charge in [-0.15, -0.1) is 0 Å². The van der Waals surface area contributed by atoms with Crippen molar-refractivity contribution >= 4 is 5.82 Å². The largest absolute Gasteiger partial charge is 0.496 e. The Hall–Kier alpha value is -2.18. The first-order chi connectivity index (χ1) is 10.9. The van der Waals surface area contributed by atoms with Crippen molar-refractivity contribution in [3.05, 3.63) is 30.1 Å². The summed E-state index contributed by atoms with van der Waals surface area (Å²) in [5.74, 6) is -0.645. The molecule has 2 heterocycles. The topological polar surface area (TPSA) is 52.0 Å². The number of hydrogen-bond donors (Lipinski definition) is 1. The summed E-state index contributed by atoms with van der Waals surface area (Å²) in [5, 5.41) is 7.58. The summed E-state index contributed by atoms with van der Waals surface area (Å²) < 4.78 is 33.5. The van der Waals surface area contributed by atoms with Gasteiger partial charge in [0.25, 0.3) is 0 Å². The third-order valence-corrected chi connectivity index (χ3v) is 4.05. The molecule has 1 N–H and O–H groups in total. The van der Waals surface area contributed by atoms with E-state index in [4.69, 9.17) is 4.74 Å². The van der Waals surface area contributed by atoms with Crippen LogP contribution in [0, 0.1) is 6.92 Å². The smallest absolute Gasteiger partial charge is 0.248 e. The third kappa shape index (κ3) is 3.78. The average molecular weight is 322 g/mol. The molecule has 0 radical (unpaired) electrons. The number of aromatic nitrogens is 3. The van der Waals surface area contributed by atoms with Crippen molar-refractivity contribution in [2.45, 2.75) is 44.6 Å². The summed E-state index contributed by atoms with van der Waals surface area (Å²) >= 11 is 0. The maximum Gasteiger partial charge on any atom is 0.248 e. The number of anilines is 1. The van der Waals surface area contributed by atoms with Crippen molar-refractivity contribution in [3.8, 4) is 11.6 Å². The minimum atomic E-state index is -2.53. The van der Waals surface area contributed by atoms with Crippen molar-refractivity contribution in [2.75, 3.05) is 12.4 Å². The van der Waals surface area contributed by atoms with Crippen molar-refractivity contribution < 1.29 is 13.5 Å². The molecule has 1 fully saturated rings. The Bertz CT molecular complexity index is 676. The van der Waals surface area contributed by atoms with Gasteiger partial charge in [0.05, 0.1) is 12.8 Å². The maximum absolute atomic E-state index is 13.2. The molecule has 7 heteroatoms. The molecule has 0 aromatic carbocycles. The van der Waals surface area contributed by atoms with Crippen LogP contribution in [0.3, 0.4) is 0 Å². The van der Waals surface area contributed by atoms with E-state index in [1.807, 2.05) is 19.2 Å². The van der Waals surface area contributed by atoms with Crippen molar-refractivity contribution in [1.82, 2.24) is 14.8 Å². The normalized spacial score (nSPS) is 17.9. The molecule has 0 bridgehead atoms. The van der Waals surface area contributed by atoms with Crippen LogP contribution in [-0.2, 0) is 0 Å². The van der Waals surface area contributed by atoms with Gasteiger partial charge in [0.2, 0.25) is 5.92 Å². The van der Waals surface area contributed by atoms with Gasteiger partial charge >= 0.3 is 0 Å². The Labute approximate surface area is 133 Å². The second-order valence-electron chi connectivity index (χ2n) is 5.93. The lowest BCUT2D eigenvalue weighted by molar-refractivity contribution is -0.0361. The van der Waals surface area contributed by atoms with Crippen LogP contribution in [0.5, 0.6) is 5.75 Å². The van der Waals surface area contributed by atoms with E-state index in [0.717, 1.165) is 5.69 Å². The zero-order valence-corrected chi connectivity index (χ0v) is 13.2. The molecule has 23 heavy (non-hydrogen) atoms. The minimum Gasteiger partial charge on any atom is -0.496 e. The molecular formula is C16H20F2N4O. The highest BCUT2D eigenvalue weighted by molar-refractivity contribution is 5.47. The van der Waals surface area contributed by atoms with Crippen molar-refractivity contribution in [2.24, 2.45) is 0 Å². The van der Waals surface area contributed by atoms with Crippen LogP contribution in [0.25, 0.3) is 5.82 Å². The zero-order valence-electron chi connectivity index (χ0n) is 13.2. The van der Waals surface area contributed by atoms with Gasteiger partial charge in [0.15, 0.2) is 5.82 Å². The molecule has 2 aromatic heterocycles. The van der Waals surface area contributed by atoms with E-state index in [2.05, 4.69) is 15.4 Å². The summed E-state index contributed by atoms with van der Waals surface area (Å²) in [6, 6.07) is 5.44. The SMILES string of the molecule is COc1cc(NC2CCC(F)(F)CC2)nc(-n2ccc(C)n2)c1.